The van der Waals surface area contributed by atoms with Crippen molar-refractivity contribution in [2.75, 3.05) is 18.1 Å². The van der Waals surface area contributed by atoms with Crippen LogP contribution >= 0.6 is 11.6 Å². The van der Waals surface area contributed by atoms with E-state index in [4.69, 9.17) is 16.3 Å². The molecular weight excluding hydrogens is 340 g/mol. The fourth-order valence-electron chi connectivity index (χ4n) is 2.59. The topological polar surface area (TPSA) is 75.7 Å². The van der Waals surface area contributed by atoms with E-state index in [-0.39, 0.29) is 23.6 Å². The molecule has 1 aliphatic heterocycles. The molecule has 1 heterocycles. The third-order valence-electron chi connectivity index (χ3n) is 3.70. The highest BCUT2D eigenvalue weighted by Crippen LogP contribution is 2.19. The minimum Gasteiger partial charge on any atom is -0.471 e. The molecule has 0 aromatic heterocycles. The van der Waals surface area contributed by atoms with Crippen molar-refractivity contribution in [2.45, 2.75) is 32.5 Å². The van der Waals surface area contributed by atoms with E-state index < -0.39 is 16.1 Å². The molecule has 0 saturated carbocycles. The molecule has 2 amide bonds. The van der Waals surface area contributed by atoms with Crippen LogP contribution in [-0.4, -0.2) is 49.7 Å². The van der Waals surface area contributed by atoms with Gasteiger partial charge >= 0.3 is 6.03 Å². The van der Waals surface area contributed by atoms with E-state index in [0.717, 1.165) is 0 Å². The molecule has 1 saturated heterocycles. The van der Waals surface area contributed by atoms with Gasteiger partial charge in [0.15, 0.2) is 16.1 Å². The molecule has 1 aromatic carbocycles. The number of benzene rings is 1. The van der Waals surface area contributed by atoms with Gasteiger partial charge in [-0.15, -0.1) is 0 Å². The van der Waals surface area contributed by atoms with Gasteiger partial charge in [0, 0.05) is 17.6 Å². The fraction of sp³-hybridized carbons (Fsp3) is 0.533. The third kappa shape index (κ3) is 5.00. The summed E-state index contributed by atoms with van der Waals surface area (Å²) in [7, 11) is -3.03. The molecule has 0 radical (unpaired) electrons. The molecule has 0 aliphatic carbocycles. The Morgan fingerprint density at radius 3 is 2.61 bits per heavy atom. The van der Waals surface area contributed by atoms with E-state index in [1.54, 1.807) is 36.1 Å². The van der Waals surface area contributed by atoms with E-state index in [9.17, 15) is 13.2 Å². The molecule has 2 rings (SSSR count). The molecule has 1 N–H and O–H groups in total. The van der Waals surface area contributed by atoms with Gasteiger partial charge in [0.2, 0.25) is 0 Å². The summed E-state index contributed by atoms with van der Waals surface area (Å²) in [6.45, 7) is 3.99. The number of urea groups is 1. The Bertz CT molecular complexity index is 648. The zero-order valence-electron chi connectivity index (χ0n) is 13.2. The third-order valence-corrected chi connectivity index (χ3v) is 5.71. The van der Waals surface area contributed by atoms with Crippen LogP contribution in [0.5, 0.6) is 5.75 Å². The largest absolute Gasteiger partial charge is 0.471 e. The summed E-state index contributed by atoms with van der Waals surface area (Å²) in [6, 6.07) is 6.24. The lowest BCUT2D eigenvalue weighted by atomic mass is 10.2. The van der Waals surface area contributed by atoms with Gasteiger partial charge < -0.3 is 15.0 Å². The molecular formula is C15H21ClN2O4S. The summed E-state index contributed by atoms with van der Waals surface area (Å²) < 4.78 is 28.8. The van der Waals surface area contributed by atoms with Crippen molar-refractivity contribution in [3.8, 4) is 5.75 Å². The van der Waals surface area contributed by atoms with Crippen molar-refractivity contribution in [3.63, 3.8) is 0 Å². The number of halogens is 1. The van der Waals surface area contributed by atoms with Crippen molar-refractivity contribution in [1.82, 2.24) is 10.2 Å². The van der Waals surface area contributed by atoms with Gasteiger partial charge in [0.05, 0.1) is 11.5 Å². The Balaban J connectivity index is 1.92. The highest BCUT2D eigenvalue weighted by Gasteiger charge is 2.34. The highest BCUT2D eigenvalue weighted by molar-refractivity contribution is 7.91. The molecule has 0 bridgehead atoms. The first kappa shape index (κ1) is 17.9. The summed E-state index contributed by atoms with van der Waals surface area (Å²) in [5.41, 5.74) is 0. The number of nitrogens with one attached hydrogen (secondary N) is 1. The molecule has 0 spiro atoms. The minimum absolute atomic E-state index is 0.0285. The lowest BCUT2D eigenvalue weighted by Gasteiger charge is -2.28. The maximum atomic E-state index is 12.3. The monoisotopic (exact) mass is 360 g/mol. The van der Waals surface area contributed by atoms with Gasteiger partial charge in [-0.1, -0.05) is 11.6 Å². The first-order valence-electron chi connectivity index (χ1n) is 7.50. The van der Waals surface area contributed by atoms with Gasteiger partial charge in [-0.2, -0.15) is 0 Å². The molecule has 1 aromatic rings. The van der Waals surface area contributed by atoms with Crippen LogP contribution in [0.15, 0.2) is 24.3 Å². The van der Waals surface area contributed by atoms with Crippen LogP contribution in [0.25, 0.3) is 0 Å². The Labute approximate surface area is 141 Å². The Morgan fingerprint density at radius 2 is 2.09 bits per heavy atom. The molecule has 1 aliphatic rings. The second-order valence-electron chi connectivity index (χ2n) is 5.51. The van der Waals surface area contributed by atoms with Crippen LogP contribution in [0.1, 0.15) is 20.3 Å². The second-order valence-corrected chi connectivity index (χ2v) is 8.17. The standard InChI is InChI=1S/C15H21ClN2O4S/c1-3-18(13-8-9-23(20,21)10-13)15(19)17-11(2)22-14-6-4-12(16)5-7-14/h4-7,11,13H,3,8-10H2,1-2H3,(H,17,19). The molecule has 1 fully saturated rings. The van der Waals surface area contributed by atoms with E-state index in [1.165, 1.54) is 0 Å². The number of amides is 2. The normalized spacial score (nSPS) is 20.7. The van der Waals surface area contributed by atoms with Crippen LogP contribution < -0.4 is 10.1 Å². The number of ether oxygens (including phenoxy) is 1. The Kier molecular flexibility index (Phi) is 5.75. The quantitative estimate of drug-likeness (QED) is 0.817. The molecule has 23 heavy (non-hydrogen) atoms. The zero-order valence-corrected chi connectivity index (χ0v) is 14.7. The highest BCUT2D eigenvalue weighted by atomic mass is 35.5. The van der Waals surface area contributed by atoms with Gasteiger partial charge in [-0.05, 0) is 44.5 Å². The van der Waals surface area contributed by atoms with E-state index in [2.05, 4.69) is 5.32 Å². The first-order chi connectivity index (χ1) is 10.8. The van der Waals surface area contributed by atoms with Crippen LogP contribution in [-0.2, 0) is 9.84 Å². The van der Waals surface area contributed by atoms with Crippen molar-refractivity contribution in [1.29, 1.82) is 0 Å². The Morgan fingerprint density at radius 1 is 1.43 bits per heavy atom. The maximum absolute atomic E-state index is 12.3. The smallest absolute Gasteiger partial charge is 0.320 e. The SMILES string of the molecule is CCN(C(=O)NC(C)Oc1ccc(Cl)cc1)C1CCS(=O)(=O)C1. The number of hydrogen-bond acceptors (Lipinski definition) is 4. The summed E-state index contributed by atoms with van der Waals surface area (Å²) in [5.74, 6) is 0.757. The van der Waals surface area contributed by atoms with Gasteiger partial charge in [-0.25, -0.2) is 13.2 Å². The van der Waals surface area contributed by atoms with Crippen LogP contribution in [0.3, 0.4) is 0 Å². The fourth-order valence-corrected chi connectivity index (χ4v) is 4.45. The van der Waals surface area contributed by atoms with E-state index >= 15 is 0 Å². The number of nitrogens with zero attached hydrogens (tertiary/aromatic N) is 1. The minimum atomic E-state index is -3.03. The van der Waals surface area contributed by atoms with Crippen LogP contribution in [0.2, 0.25) is 5.02 Å². The second kappa shape index (κ2) is 7.40. The average Bonchev–Trinajstić information content (AvgIpc) is 2.82. The zero-order chi connectivity index (χ0) is 17.0. The van der Waals surface area contributed by atoms with E-state index in [1.807, 2.05) is 6.92 Å². The predicted molar refractivity (Wildman–Crippen MR) is 89.5 cm³/mol. The van der Waals surface area contributed by atoms with Gasteiger partial charge in [0.25, 0.3) is 0 Å². The molecule has 6 nitrogen and oxygen atoms in total. The summed E-state index contributed by atoms with van der Waals surface area (Å²) in [4.78, 5) is 13.9. The van der Waals surface area contributed by atoms with Crippen molar-refractivity contribution < 1.29 is 17.9 Å². The Hall–Kier alpha value is -1.47. The van der Waals surface area contributed by atoms with E-state index in [0.29, 0.717) is 23.7 Å². The van der Waals surface area contributed by atoms with Gasteiger partial charge in [-0.3, -0.25) is 0 Å². The predicted octanol–water partition coefficient (Wildman–Crippen LogP) is 2.28. The van der Waals surface area contributed by atoms with Crippen molar-refractivity contribution >= 4 is 27.5 Å². The van der Waals surface area contributed by atoms with Crippen LogP contribution in [0, 0.1) is 0 Å². The molecule has 2 unspecified atom stereocenters. The number of rotatable bonds is 5. The summed E-state index contributed by atoms with van der Waals surface area (Å²) in [6.07, 6.45) is -0.0635. The lowest BCUT2D eigenvalue weighted by molar-refractivity contribution is 0.145. The number of carbonyl (C=O) groups is 1. The summed E-state index contributed by atoms with van der Waals surface area (Å²) >= 11 is 5.81. The van der Waals surface area contributed by atoms with Gasteiger partial charge in [0.1, 0.15) is 5.75 Å². The van der Waals surface area contributed by atoms with Crippen LogP contribution in [0.4, 0.5) is 4.79 Å². The lowest BCUT2D eigenvalue weighted by Crippen LogP contribution is -2.50. The van der Waals surface area contributed by atoms with Crippen molar-refractivity contribution in [2.24, 2.45) is 0 Å². The van der Waals surface area contributed by atoms with Crippen molar-refractivity contribution in [3.05, 3.63) is 29.3 Å². The summed E-state index contributed by atoms with van der Waals surface area (Å²) in [5, 5.41) is 3.34. The average molecular weight is 361 g/mol. The maximum Gasteiger partial charge on any atom is 0.320 e. The number of sulfone groups is 1. The molecule has 8 heteroatoms. The number of hydrogen-bond donors (Lipinski definition) is 1. The molecule has 128 valence electrons. The first-order valence-corrected chi connectivity index (χ1v) is 9.70. The number of carbonyl (C=O) groups excluding carboxylic acids is 1. The molecule has 2 atom stereocenters.